The second-order valence-electron chi connectivity index (χ2n) is 10.0. The number of hydrogen-bond donors (Lipinski definition) is 0. The first kappa shape index (κ1) is 20.1. The molecule has 0 aromatic heterocycles. The smallest absolute Gasteiger partial charge is 0.178 e. The highest BCUT2D eigenvalue weighted by Crippen LogP contribution is 2.66. The standard InChI is InChI=1S/C24H33NO2/c1-7-8-9-17-15(2)18(26)12-20-23(17,5)11-10-19-22(3,4)21(27)16(14-25)13-24(19,20)6/h12-13,15,17,19H,7-11H2,1-6H3/t15-,17-,19+,23?,24+/m1/s1. The summed E-state index contributed by atoms with van der Waals surface area (Å²) in [7, 11) is 0. The highest BCUT2D eigenvalue weighted by molar-refractivity contribution is 6.04. The summed E-state index contributed by atoms with van der Waals surface area (Å²) >= 11 is 0. The highest BCUT2D eigenvalue weighted by Gasteiger charge is 2.61. The minimum atomic E-state index is -0.582. The summed E-state index contributed by atoms with van der Waals surface area (Å²) in [5.41, 5.74) is 0.405. The maximum absolute atomic E-state index is 12.9. The van der Waals surface area contributed by atoms with E-state index in [0.29, 0.717) is 5.92 Å². The van der Waals surface area contributed by atoms with Gasteiger partial charge in [0.15, 0.2) is 11.6 Å². The quantitative estimate of drug-likeness (QED) is 0.669. The zero-order valence-corrected chi connectivity index (χ0v) is 17.7. The van der Waals surface area contributed by atoms with Gasteiger partial charge >= 0.3 is 0 Å². The van der Waals surface area contributed by atoms with Crippen molar-refractivity contribution in [2.75, 3.05) is 0 Å². The molecule has 0 aliphatic heterocycles. The third kappa shape index (κ3) is 2.67. The van der Waals surface area contributed by atoms with Crippen molar-refractivity contribution < 1.29 is 9.59 Å². The van der Waals surface area contributed by atoms with Crippen LogP contribution in [-0.2, 0) is 9.59 Å². The summed E-state index contributed by atoms with van der Waals surface area (Å²) in [5, 5.41) is 9.60. The predicted octanol–water partition coefficient (Wildman–Crippen LogP) is 5.42. The number of nitrogens with zero attached hydrogens (tertiary/aromatic N) is 1. The number of unbranched alkanes of at least 4 members (excludes halogenated alkanes) is 1. The number of allylic oxidation sites excluding steroid dienone is 4. The van der Waals surface area contributed by atoms with Crippen LogP contribution in [0.5, 0.6) is 0 Å². The maximum atomic E-state index is 12.9. The van der Waals surface area contributed by atoms with Crippen LogP contribution in [0.1, 0.15) is 73.6 Å². The summed E-state index contributed by atoms with van der Waals surface area (Å²) < 4.78 is 0. The van der Waals surface area contributed by atoms with Gasteiger partial charge < -0.3 is 0 Å². The van der Waals surface area contributed by atoms with Crippen molar-refractivity contribution in [3.63, 3.8) is 0 Å². The van der Waals surface area contributed by atoms with Gasteiger partial charge in [-0.2, -0.15) is 5.26 Å². The molecule has 0 spiro atoms. The van der Waals surface area contributed by atoms with Crippen molar-refractivity contribution in [2.45, 2.75) is 73.6 Å². The molecule has 3 heteroatoms. The molecule has 5 atom stereocenters. The van der Waals surface area contributed by atoms with Crippen LogP contribution in [0, 0.1) is 45.3 Å². The average Bonchev–Trinajstić information content (AvgIpc) is 2.60. The predicted molar refractivity (Wildman–Crippen MR) is 107 cm³/mol. The molecule has 146 valence electrons. The van der Waals surface area contributed by atoms with E-state index in [1.807, 2.05) is 26.0 Å². The number of carbonyl (C=O) groups is 2. The van der Waals surface area contributed by atoms with Crippen LogP contribution in [0.2, 0.25) is 0 Å². The van der Waals surface area contributed by atoms with Crippen LogP contribution >= 0.6 is 0 Å². The Balaban J connectivity index is 2.19. The molecule has 0 radical (unpaired) electrons. The largest absolute Gasteiger partial charge is 0.295 e. The van der Waals surface area contributed by atoms with E-state index in [1.165, 1.54) is 5.57 Å². The highest BCUT2D eigenvalue weighted by atomic mass is 16.1. The van der Waals surface area contributed by atoms with Gasteiger partial charge in [0.05, 0.1) is 5.57 Å². The SMILES string of the molecule is CCCC[C@@H]1[C@@H](C)C(=O)C=C2C1(C)CC[C@H]1C(C)(C)C(=O)C(C#N)=C[C@]21C. The summed E-state index contributed by atoms with van der Waals surface area (Å²) in [5.74, 6) is 0.675. The molecule has 1 unspecified atom stereocenters. The monoisotopic (exact) mass is 367 g/mol. The average molecular weight is 368 g/mol. The van der Waals surface area contributed by atoms with Gasteiger partial charge in [0.2, 0.25) is 0 Å². The minimum absolute atomic E-state index is 0.0404. The van der Waals surface area contributed by atoms with Gasteiger partial charge in [-0.25, -0.2) is 0 Å². The van der Waals surface area contributed by atoms with Crippen LogP contribution in [0.3, 0.4) is 0 Å². The van der Waals surface area contributed by atoms with Crippen molar-refractivity contribution in [1.82, 2.24) is 0 Å². The molecule has 0 amide bonds. The third-order valence-electron chi connectivity index (χ3n) is 8.16. The Labute approximate surface area is 163 Å². The van der Waals surface area contributed by atoms with E-state index < -0.39 is 10.8 Å². The van der Waals surface area contributed by atoms with E-state index in [2.05, 4.69) is 33.8 Å². The molecule has 0 aromatic carbocycles. The molecule has 0 bridgehead atoms. The van der Waals surface area contributed by atoms with E-state index in [4.69, 9.17) is 0 Å². The lowest BCUT2D eigenvalue weighted by molar-refractivity contribution is -0.132. The summed E-state index contributed by atoms with van der Waals surface area (Å²) in [6, 6.07) is 2.14. The molecule has 1 saturated carbocycles. The summed E-state index contributed by atoms with van der Waals surface area (Å²) in [4.78, 5) is 25.8. The van der Waals surface area contributed by atoms with E-state index in [1.54, 1.807) is 0 Å². The summed E-state index contributed by atoms with van der Waals surface area (Å²) in [6.45, 7) is 12.7. The Morgan fingerprint density at radius 1 is 1.22 bits per heavy atom. The van der Waals surface area contributed by atoms with E-state index in [9.17, 15) is 14.9 Å². The van der Waals surface area contributed by atoms with Crippen molar-refractivity contribution in [3.8, 4) is 6.07 Å². The van der Waals surface area contributed by atoms with Crippen LogP contribution in [-0.4, -0.2) is 11.6 Å². The molecule has 1 fully saturated rings. The Kier molecular flexibility index (Phi) is 4.78. The van der Waals surface area contributed by atoms with Crippen LogP contribution in [0.25, 0.3) is 0 Å². The van der Waals surface area contributed by atoms with Gasteiger partial charge in [0.25, 0.3) is 0 Å². The first-order chi connectivity index (χ1) is 12.5. The topological polar surface area (TPSA) is 57.9 Å². The number of fused-ring (bicyclic) bond motifs is 3. The molecular weight excluding hydrogens is 334 g/mol. The number of nitriles is 1. The van der Waals surface area contributed by atoms with Crippen LogP contribution < -0.4 is 0 Å². The molecule has 3 aliphatic carbocycles. The fourth-order valence-corrected chi connectivity index (χ4v) is 6.65. The Bertz CT molecular complexity index is 781. The molecule has 0 heterocycles. The lowest BCUT2D eigenvalue weighted by Crippen LogP contribution is -2.56. The Hall–Kier alpha value is -1.69. The lowest BCUT2D eigenvalue weighted by atomic mass is 9.42. The van der Waals surface area contributed by atoms with Gasteiger partial charge in [-0.1, -0.05) is 66.0 Å². The van der Waals surface area contributed by atoms with Crippen molar-refractivity contribution in [2.24, 2.45) is 34.0 Å². The maximum Gasteiger partial charge on any atom is 0.178 e. The van der Waals surface area contributed by atoms with Gasteiger partial charge in [0.1, 0.15) is 6.07 Å². The summed E-state index contributed by atoms with van der Waals surface area (Å²) in [6.07, 6.45) is 9.08. The fourth-order valence-electron chi connectivity index (χ4n) is 6.65. The zero-order chi connectivity index (χ0) is 20.2. The van der Waals surface area contributed by atoms with Gasteiger partial charge in [-0.3, -0.25) is 9.59 Å². The van der Waals surface area contributed by atoms with Crippen molar-refractivity contribution in [3.05, 3.63) is 23.3 Å². The molecule has 0 N–H and O–H groups in total. The molecule has 3 aliphatic rings. The number of rotatable bonds is 3. The van der Waals surface area contributed by atoms with E-state index >= 15 is 0 Å². The second kappa shape index (κ2) is 6.43. The van der Waals surface area contributed by atoms with Crippen LogP contribution in [0.4, 0.5) is 0 Å². The van der Waals surface area contributed by atoms with Crippen molar-refractivity contribution >= 4 is 11.6 Å². The number of ketones is 2. The molecule has 0 saturated heterocycles. The first-order valence-corrected chi connectivity index (χ1v) is 10.5. The Morgan fingerprint density at radius 2 is 1.89 bits per heavy atom. The van der Waals surface area contributed by atoms with Gasteiger partial charge in [-0.15, -0.1) is 0 Å². The minimum Gasteiger partial charge on any atom is -0.295 e. The van der Waals surface area contributed by atoms with Gasteiger partial charge in [-0.05, 0) is 42.6 Å². The molecule has 27 heavy (non-hydrogen) atoms. The normalized spacial score (nSPS) is 40.4. The van der Waals surface area contributed by atoms with E-state index in [-0.39, 0.29) is 34.4 Å². The van der Waals surface area contributed by atoms with Crippen LogP contribution in [0.15, 0.2) is 23.3 Å². The Morgan fingerprint density at radius 3 is 2.48 bits per heavy atom. The molecule has 3 rings (SSSR count). The van der Waals surface area contributed by atoms with E-state index in [0.717, 1.165) is 32.1 Å². The first-order valence-electron chi connectivity index (χ1n) is 10.5. The zero-order valence-electron chi connectivity index (χ0n) is 17.7. The fraction of sp³-hybridized carbons (Fsp3) is 0.708. The number of carbonyl (C=O) groups excluding carboxylic acids is 2. The second-order valence-corrected chi connectivity index (χ2v) is 10.0. The molecule has 0 aromatic rings. The van der Waals surface area contributed by atoms with Crippen molar-refractivity contribution in [1.29, 1.82) is 5.26 Å². The molecular formula is C24H33NO2. The molecule has 3 nitrogen and oxygen atoms in total. The third-order valence-corrected chi connectivity index (χ3v) is 8.16. The number of Topliss-reactive ketones (excluding diaryl/α,β-unsaturated/α-hetero) is 1. The number of hydrogen-bond acceptors (Lipinski definition) is 3. The van der Waals surface area contributed by atoms with Gasteiger partial charge in [0, 0.05) is 16.7 Å². The lowest BCUT2D eigenvalue weighted by Gasteiger charge is -2.60.